The van der Waals surface area contributed by atoms with Crippen LogP contribution in [0.5, 0.6) is 0 Å². The van der Waals surface area contributed by atoms with E-state index in [1.54, 1.807) is 12.1 Å². The summed E-state index contributed by atoms with van der Waals surface area (Å²) in [6, 6.07) is 11.6. The molecule has 0 N–H and O–H groups in total. The largest absolute Gasteiger partial charge is 0.367 e. The minimum atomic E-state index is -0.223. The molecular weight excluding hydrogens is 389 g/mol. The fourth-order valence-electron chi connectivity index (χ4n) is 4.16. The number of likely N-dealkylation sites (N-methyl/N-ethyl adjacent to an activating group) is 2. The van der Waals surface area contributed by atoms with Gasteiger partial charge in [0.2, 0.25) is 0 Å². The lowest BCUT2D eigenvalue weighted by Gasteiger charge is -2.36. The second-order valence-corrected chi connectivity index (χ2v) is 8.44. The van der Waals surface area contributed by atoms with Gasteiger partial charge in [0, 0.05) is 56.1 Å². The van der Waals surface area contributed by atoms with Gasteiger partial charge in [-0.25, -0.2) is 4.39 Å². The molecule has 2 aliphatic rings. The smallest absolute Gasteiger partial charge is 0.183 e. The number of hydrogen-bond donors (Lipinski definition) is 0. The number of allylic oxidation sites excluding steroid dienone is 1. The monoisotopic (exact) mass is 419 g/mol. The molecule has 1 fully saturated rings. The van der Waals surface area contributed by atoms with Gasteiger partial charge >= 0.3 is 0 Å². The van der Waals surface area contributed by atoms with Crippen molar-refractivity contribution in [3.63, 3.8) is 0 Å². The van der Waals surface area contributed by atoms with E-state index in [-0.39, 0.29) is 11.6 Å². The van der Waals surface area contributed by atoms with E-state index in [0.717, 1.165) is 49.5 Å². The molecule has 0 spiro atoms. The molecule has 2 heterocycles. The summed E-state index contributed by atoms with van der Waals surface area (Å²) in [4.78, 5) is 19.4. The van der Waals surface area contributed by atoms with Crippen molar-refractivity contribution in [2.45, 2.75) is 13.8 Å². The van der Waals surface area contributed by atoms with Crippen molar-refractivity contribution in [1.29, 1.82) is 0 Å². The van der Waals surface area contributed by atoms with Crippen molar-refractivity contribution < 1.29 is 9.18 Å². The number of rotatable bonds is 5. The van der Waals surface area contributed by atoms with Crippen LogP contribution in [0, 0.1) is 12.7 Å². The quantitative estimate of drug-likeness (QED) is 0.672. The maximum atomic E-state index is 15.0. The Hall–Kier alpha value is -2.92. The normalized spacial score (nSPS) is 17.1. The highest BCUT2D eigenvalue weighted by molar-refractivity contribution is 6.11. The van der Waals surface area contributed by atoms with Crippen LogP contribution >= 0.6 is 0 Å². The summed E-state index contributed by atoms with van der Waals surface area (Å²) < 4.78 is 15.0. The SMILES string of the molecule is CCN1CC(C(=O)C=Cc2ccc(C)cc2)=Cc2cc(F)c(N3CCN(C)CC3)cc21. The van der Waals surface area contributed by atoms with Gasteiger partial charge in [0.05, 0.1) is 5.69 Å². The average molecular weight is 420 g/mol. The van der Waals surface area contributed by atoms with Crippen LogP contribution in [0.4, 0.5) is 15.8 Å². The molecular formula is C26H30FN3O. The van der Waals surface area contributed by atoms with Crippen LogP contribution < -0.4 is 9.80 Å². The van der Waals surface area contributed by atoms with E-state index in [2.05, 4.69) is 28.7 Å². The first-order valence-electron chi connectivity index (χ1n) is 11.0. The molecule has 0 amide bonds. The fraction of sp³-hybridized carbons (Fsp3) is 0.346. The highest BCUT2D eigenvalue weighted by atomic mass is 19.1. The molecule has 162 valence electrons. The molecule has 2 aromatic carbocycles. The van der Waals surface area contributed by atoms with Gasteiger partial charge in [-0.05, 0) is 50.7 Å². The summed E-state index contributed by atoms with van der Waals surface area (Å²) in [6.07, 6.45) is 5.30. The zero-order valence-electron chi connectivity index (χ0n) is 18.6. The van der Waals surface area contributed by atoms with Gasteiger partial charge in [-0.1, -0.05) is 35.9 Å². The average Bonchev–Trinajstić information content (AvgIpc) is 2.78. The predicted molar refractivity (Wildman–Crippen MR) is 127 cm³/mol. The Morgan fingerprint density at radius 2 is 1.77 bits per heavy atom. The van der Waals surface area contributed by atoms with E-state index >= 15 is 4.39 Å². The minimum absolute atomic E-state index is 0.0340. The minimum Gasteiger partial charge on any atom is -0.367 e. The zero-order valence-corrected chi connectivity index (χ0v) is 18.6. The number of nitrogens with zero attached hydrogens (tertiary/aromatic N) is 3. The molecule has 0 radical (unpaired) electrons. The van der Waals surface area contributed by atoms with E-state index in [1.807, 2.05) is 49.4 Å². The van der Waals surface area contributed by atoms with Crippen molar-refractivity contribution in [1.82, 2.24) is 4.90 Å². The summed E-state index contributed by atoms with van der Waals surface area (Å²) in [5.74, 6) is -0.257. The molecule has 0 aliphatic carbocycles. The molecule has 31 heavy (non-hydrogen) atoms. The Morgan fingerprint density at radius 1 is 1.06 bits per heavy atom. The van der Waals surface area contributed by atoms with Crippen molar-refractivity contribution in [3.8, 4) is 0 Å². The number of ketones is 1. The van der Waals surface area contributed by atoms with Crippen LogP contribution in [0.3, 0.4) is 0 Å². The van der Waals surface area contributed by atoms with Crippen molar-refractivity contribution in [2.75, 3.05) is 56.1 Å². The molecule has 4 rings (SSSR count). The number of aryl methyl sites for hydroxylation is 1. The molecule has 0 saturated carbocycles. The zero-order chi connectivity index (χ0) is 22.0. The van der Waals surface area contributed by atoms with Crippen molar-refractivity contribution in [3.05, 3.63) is 70.6 Å². The fourth-order valence-corrected chi connectivity index (χ4v) is 4.16. The second-order valence-electron chi connectivity index (χ2n) is 8.44. The third kappa shape index (κ3) is 4.72. The first-order chi connectivity index (χ1) is 14.9. The number of piperazine rings is 1. The van der Waals surface area contributed by atoms with Crippen LogP contribution in [0.1, 0.15) is 23.6 Å². The van der Waals surface area contributed by atoms with Crippen LogP contribution in [-0.4, -0.2) is 57.0 Å². The number of fused-ring (bicyclic) bond motifs is 1. The molecule has 5 heteroatoms. The van der Waals surface area contributed by atoms with Gasteiger partial charge in [-0.2, -0.15) is 0 Å². The van der Waals surface area contributed by atoms with E-state index in [4.69, 9.17) is 0 Å². The van der Waals surface area contributed by atoms with Gasteiger partial charge in [0.25, 0.3) is 0 Å². The highest BCUT2D eigenvalue weighted by Gasteiger charge is 2.24. The maximum Gasteiger partial charge on any atom is 0.183 e. The number of halogens is 1. The first-order valence-corrected chi connectivity index (χ1v) is 11.0. The van der Waals surface area contributed by atoms with Crippen LogP contribution in [0.2, 0.25) is 0 Å². The molecule has 0 unspecified atom stereocenters. The van der Waals surface area contributed by atoms with Crippen LogP contribution in [0.25, 0.3) is 12.2 Å². The van der Waals surface area contributed by atoms with E-state index in [1.165, 1.54) is 5.56 Å². The third-order valence-electron chi connectivity index (χ3n) is 6.17. The summed E-state index contributed by atoms with van der Waals surface area (Å²) in [5.41, 5.74) is 5.29. The number of carbonyl (C=O) groups excluding carboxylic acids is 1. The molecule has 1 saturated heterocycles. The predicted octanol–water partition coefficient (Wildman–Crippen LogP) is 4.39. The lowest BCUT2D eigenvalue weighted by molar-refractivity contribution is -0.111. The molecule has 0 bridgehead atoms. The third-order valence-corrected chi connectivity index (χ3v) is 6.17. The van der Waals surface area contributed by atoms with E-state index in [9.17, 15) is 4.79 Å². The molecule has 4 nitrogen and oxygen atoms in total. The summed E-state index contributed by atoms with van der Waals surface area (Å²) >= 11 is 0. The van der Waals surface area contributed by atoms with Gasteiger partial charge in [0.15, 0.2) is 5.78 Å². The Kier molecular flexibility index (Phi) is 6.23. The lowest BCUT2D eigenvalue weighted by Crippen LogP contribution is -2.45. The molecule has 0 atom stereocenters. The molecule has 2 aromatic rings. The first kappa shape index (κ1) is 21.3. The summed E-state index contributed by atoms with van der Waals surface area (Å²) in [7, 11) is 2.09. The number of benzene rings is 2. The van der Waals surface area contributed by atoms with Gasteiger partial charge in [0.1, 0.15) is 5.82 Å². The lowest BCUT2D eigenvalue weighted by atomic mass is 9.98. The molecule has 2 aliphatic heterocycles. The molecule has 0 aromatic heterocycles. The van der Waals surface area contributed by atoms with Gasteiger partial charge < -0.3 is 14.7 Å². The topological polar surface area (TPSA) is 26.8 Å². The summed E-state index contributed by atoms with van der Waals surface area (Å²) in [5, 5.41) is 0. The Morgan fingerprint density at radius 3 is 2.45 bits per heavy atom. The van der Waals surface area contributed by atoms with Crippen LogP contribution in [0.15, 0.2) is 48.0 Å². The van der Waals surface area contributed by atoms with Crippen LogP contribution in [-0.2, 0) is 4.79 Å². The Balaban J connectivity index is 1.59. The standard InChI is InChI=1S/C26H30FN3O/c1-4-29-18-22(26(31)10-9-20-7-5-19(2)6-8-20)15-21-16-23(27)25(17-24(21)29)30-13-11-28(3)12-14-30/h5-10,15-17H,4,11-14,18H2,1-3H3. The number of hydrogen-bond acceptors (Lipinski definition) is 4. The highest BCUT2D eigenvalue weighted by Crippen LogP contribution is 2.35. The Labute approximate surface area is 184 Å². The Bertz CT molecular complexity index is 1020. The van der Waals surface area contributed by atoms with Crippen molar-refractivity contribution in [2.24, 2.45) is 0 Å². The maximum absolute atomic E-state index is 15.0. The van der Waals surface area contributed by atoms with E-state index in [0.29, 0.717) is 17.8 Å². The van der Waals surface area contributed by atoms with Gasteiger partial charge in [-0.15, -0.1) is 0 Å². The van der Waals surface area contributed by atoms with E-state index < -0.39 is 0 Å². The second kappa shape index (κ2) is 9.06. The van der Waals surface area contributed by atoms with Gasteiger partial charge in [-0.3, -0.25) is 4.79 Å². The summed E-state index contributed by atoms with van der Waals surface area (Å²) in [6.45, 7) is 8.90. The number of carbonyl (C=O) groups is 1. The number of anilines is 2. The van der Waals surface area contributed by atoms with Crippen molar-refractivity contribution >= 4 is 29.3 Å².